The van der Waals surface area contributed by atoms with Gasteiger partial charge in [0.15, 0.2) is 5.11 Å². The molecule has 0 saturated heterocycles. The average molecular weight is 558 g/mol. The summed E-state index contributed by atoms with van der Waals surface area (Å²) in [6.45, 7) is 2.81. The number of carboxylic acids is 1. The minimum Gasteiger partial charge on any atom is -0.494 e. The smallest absolute Gasteiger partial charge is 0.337 e. The molecule has 0 aliphatic carbocycles. The quantitative estimate of drug-likeness (QED) is 0.259. The molecular formula is C21H22Br2N2O4S. The van der Waals surface area contributed by atoms with E-state index >= 15 is 0 Å². The third kappa shape index (κ3) is 7.37. The fourth-order valence-electron chi connectivity index (χ4n) is 2.61. The van der Waals surface area contributed by atoms with Gasteiger partial charge >= 0.3 is 5.97 Å². The predicted molar refractivity (Wildman–Crippen MR) is 129 cm³/mol. The lowest BCUT2D eigenvalue weighted by molar-refractivity contribution is 0.0697. The van der Waals surface area contributed by atoms with Gasteiger partial charge in [0.25, 0.3) is 5.91 Å². The number of carbonyl (C=O) groups excluding carboxylic acids is 1. The van der Waals surface area contributed by atoms with Gasteiger partial charge in [-0.05, 0) is 71.0 Å². The number of halogens is 2. The normalized spacial score (nSPS) is 10.4. The summed E-state index contributed by atoms with van der Waals surface area (Å²) in [5.41, 5.74) is 0.668. The topological polar surface area (TPSA) is 87.7 Å². The summed E-state index contributed by atoms with van der Waals surface area (Å²) in [5.74, 6) is -0.834. The van der Waals surface area contributed by atoms with Gasteiger partial charge in [0.05, 0.1) is 17.9 Å². The number of unbranched alkanes of at least 4 members (excludes halogenated alkanes) is 3. The largest absolute Gasteiger partial charge is 0.494 e. The number of rotatable bonds is 9. The Morgan fingerprint density at radius 1 is 1.10 bits per heavy atom. The van der Waals surface area contributed by atoms with Gasteiger partial charge in [-0.25, -0.2) is 4.79 Å². The minimum atomic E-state index is -1.13. The van der Waals surface area contributed by atoms with Crippen LogP contribution in [0.25, 0.3) is 0 Å². The highest BCUT2D eigenvalue weighted by Gasteiger charge is 2.17. The molecule has 0 saturated carbocycles. The third-order valence-corrected chi connectivity index (χ3v) is 5.42. The van der Waals surface area contributed by atoms with Gasteiger partial charge in [0.1, 0.15) is 5.75 Å². The summed E-state index contributed by atoms with van der Waals surface area (Å²) >= 11 is 11.7. The first-order valence-electron chi connectivity index (χ1n) is 9.39. The molecule has 30 heavy (non-hydrogen) atoms. The molecule has 9 heteroatoms. The van der Waals surface area contributed by atoms with Gasteiger partial charge in [0.2, 0.25) is 0 Å². The standard InChI is InChI=1S/C21H22Br2N2O4S/c1-2-3-4-5-10-29-15-8-6-13(7-9-15)19(26)25-21(30)24-18-16(20(27)28)11-14(22)12-17(18)23/h6-9,11-12H,2-5,10H2,1H3,(H,27,28)(H2,24,25,26,30). The summed E-state index contributed by atoms with van der Waals surface area (Å²) in [6.07, 6.45) is 4.51. The van der Waals surface area contributed by atoms with Crippen LogP contribution in [0.3, 0.4) is 0 Å². The second kappa shape index (κ2) is 12.0. The van der Waals surface area contributed by atoms with Crippen LogP contribution in [0.4, 0.5) is 5.69 Å². The van der Waals surface area contributed by atoms with Crippen LogP contribution in [0, 0.1) is 0 Å². The molecular weight excluding hydrogens is 536 g/mol. The summed E-state index contributed by atoms with van der Waals surface area (Å²) < 4.78 is 6.76. The number of hydrogen-bond acceptors (Lipinski definition) is 4. The van der Waals surface area contributed by atoms with Crippen LogP contribution < -0.4 is 15.4 Å². The zero-order valence-corrected chi connectivity index (χ0v) is 20.3. The van der Waals surface area contributed by atoms with Gasteiger partial charge in [-0.3, -0.25) is 10.1 Å². The Hall–Kier alpha value is -1.97. The Morgan fingerprint density at radius 2 is 1.80 bits per heavy atom. The van der Waals surface area contributed by atoms with Gasteiger partial charge in [0, 0.05) is 14.5 Å². The molecule has 0 fully saturated rings. The van der Waals surface area contributed by atoms with Crippen molar-refractivity contribution in [1.82, 2.24) is 5.32 Å². The van der Waals surface area contributed by atoms with Crippen LogP contribution in [-0.4, -0.2) is 28.7 Å². The zero-order valence-electron chi connectivity index (χ0n) is 16.3. The molecule has 0 aromatic heterocycles. The monoisotopic (exact) mass is 556 g/mol. The molecule has 2 rings (SSSR count). The number of carboxylic acid groups (broad SMARTS) is 1. The first kappa shape index (κ1) is 24.3. The molecule has 0 unspecified atom stereocenters. The SMILES string of the molecule is CCCCCCOc1ccc(C(=O)NC(=S)Nc2c(Br)cc(Br)cc2C(=O)O)cc1. The molecule has 0 aliphatic heterocycles. The van der Waals surface area contributed by atoms with E-state index in [2.05, 4.69) is 49.4 Å². The van der Waals surface area contributed by atoms with Crippen molar-refractivity contribution in [2.24, 2.45) is 0 Å². The lowest BCUT2D eigenvalue weighted by Crippen LogP contribution is -2.34. The molecule has 0 aliphatic rings. The maximum atomic E-state index is 12.4. The van der Waals surface area contributed by atoms with Crippen molar-refractivity contribution in [2.45, 2.75) is 32.6 Å². The Kier molecular flexibility index (Phi) is 9.74. The Labute approximate surface area is 197 Å². The van der Waals surface area contributed by atoms with E-state index < -0.39 is 11.9 Å². The maximum absolute atomic E-state index is 12.4. The Balaban J connectivity index is 1.95. The first-order valence-corrected chi connectivity index (χ1v) is 11.4. The number of thiocarbonyl (C=S) groups is 1. The number of benzene rings is 2. The second-order valence-corrected chi connectivity index (χ2v) is 8.64. The number of aromatic carboxylic acids is 1. The van der Waals surface area contributed by atoms with E-state index in [1.165, 1.54) is 18.9 Å². The number of ether oxygens (including phenoxy) is 1. The highest BCUT2D eigenvalue weighted by molar-refractivity contribution is 9.11. The molecule has 0 bridgehead atoms. The van der Waals surface area contributed by atoms with E-state index in [4.69, 9.17) is 17.0 Å². The third-order valence-electron chi connectivity index (χ3n) is 4.13. The molecule has 0 atom stereocenters. The van der Waals surface area contributed by atoms with Crippen molar-refractivity contribution < 1.29 is 19.4 Å². The minimum absolute atomic E-state index is 0.00767. The van der Waals surface area contributed by atoms with Crippen LogP contribution in [0.2, 0.25) is 0 Å². The van der Waals surface area contributed by atoms with E-state index in [9.17, 15) is 14.7 Å². The second-order valence-electron chi connectivity index (χ2n) is 6.46. The number of hydrogen-bond donors (Lipinski definition) is 3. The molecule has 2 aromatic rings. The first-order chi connectivity index (χ1) is 14.3. The number of carbonyl (C=O) groups is 2. The molecule has 0 radical (unpaired) electrons. The van der Waals surface area contributed by atoms with E-state index in [0.29, 0.717) is 26.9 Å². The summed E-state index contributed by atoms with van der Waals surface area (Å²) in [6, 6.07) is 9.90. The molecule has 3 N–H and O–H groups in total. The summed E-state index contributed by atoms with van der Waals surface area (Å²) in [7, 11) is 0. The highest BCUT2D eigenvalue weighted by Crippen LogP contribution is 2.31. The Bertz CT molecular complexity index is 920. The summed E-state index contributed by atoms with van der Waals surface area (Å²) in [4.78, 5) is 23.9. The molecule has 6 nitrogen and oxygen atoms in total. The van der Waals surface area contributed by atoms with E-state index in [0.717, 1.165) is 12.8 Å². The molecule has 1 amide bonds. The van der Waals surface area contributed by atoms with Gasteiger partial charge in [-0.1, -0.05) is 42.1 Å². The van der Waals surface area contributed by atoms with Crippen molar-refractivity contribution >= 4 is 66.8 Å². The average Bonchev–Trinajstić information content (AvgIpc) is 2.70. The number of amides is 1. The number of anilines is 1. The lowest BCUT2D eigenvalue weighted by Gasteiger charge is -2.14. The van der Waals surface area contributed by atoms with Crippen molar-refractivity contribution in [3.05, 3.63) is 56.5 Å². The fraction of sp³-hybridized carbons (Fsp3) is 0.286. The van der Waals surface area contributed by atoms with Crippen LogP contribution >= 0.6 is 44.1 Å². The van der Waals surface area contributed by atoms with Gasteiger partial charge in [-0.2, -0.15) is 0 Å². The van der Waals surface area contributed by atoms with Crippen LogP contribution in [-0.2, 0) is 0 Å². The lowest BCUT2D eigenvalue weighted by atomic mass is 10.2. The fourth-order valence-corrected chi connectivity index (χ4v) is 4.13. The van der Waals surface area contributed by atoms with Crippen molar-refractivity contribution in [3.63, 3.8) is 0 Å². The van der Waals surface area contributed by atoms with Crippen LogP contribution in [0.1, 0.15) is 53.3 Å². The zero-order chi connectivity index (χ0) is 22.1. The molecule has 2 aromatic carbocycles. The van der Waals surface area contributed by atoms with Crippen molar-refractivity contribution in [1.29, 1.82) is 0 Å². The van der Waals surface area contributed by atoms with E-state index in [1.807, 2.05) is 0 Å². The van der Waals surface area contributed by atoms with E-state index in [-0.39, 0.29) is 16.4 Å². The van der Waals surface area contributed by atoms with E-state index in [1.54, 1.807) is 30.3 Å². The van der Waals surface area contributed by atoms with Crippen LogP contribution in [0.5, 0.6) is 5.75 Å². The molecule has 0 spiro atoms. The summed E-state index contributed by atoms with van der Waals surface area (Å²) in [5, 5.41) is 14.7. The number of nitrogens with one attached hydrogen (secondary N) is 2. The van der Waals surface area contributed by atoms with Gasteiger partial charge in [-0.15, -0.1) is 0 Å². The van der Waals surface area contributed by atoms with Crippen molar-refractivity contribution in [3.8, 4) is 5.75 Å². The molecule has 160 valence electrons. The van der Waals surface area contributed by atoms with Gasteiger partial charge < -0.3 is 15.2 Å². The highest BCUT2D eigenvalue weighted by atomic mass is 79.9. The maximum Gasteiger partial charge on any atom is 0.337 e. The predicted octanol–water partition coefficient (Wildman–Crippen LogP) is 6.00. The molecule has 0 heterocycles. The van der Waals surface area contributed by atoms with Crippen molar-refractivity contribution in [2.75, 3.05) is 11.9 Å². The van der Waals surface area contributed by atoms with Crippen LogP contribution in [0.15, 0.2) is 45.3 Å². The Morgan fingerprint density at radius 3 is 2.43 bits per heavy atom.